The number of rotatable bonds is 5. The Morgan fingerprint density at radius 2 is 2.12 bits per heavy atom. The van der Waals surface area contributed by atoms with E-state index in [0.717, 1.165) is 0 Å². The molecule has 0 saturated carbocycles. The average molecular weight is 226 g/mol. The van der Waals surface area contributed by atoms with Gasteiger partial charge in [-0.1, -0.05) is 0 Å². The van der Waals surface area contributed by atoms with Crippen molar-refractivity contribution in [2.75, 3.05) is 20.1 Å². The lowest BCUT2D eigenvalue weighted by Gasteiger charge is -2.22. The molecule has 1 atom stereocenters. The van der Waals surface area contributed by atoms with E-state index in [-0.39, 0.29) is 5.91 Å². The predicted molar refractivity (Wildman–Crippen MR) is 59.5 cm³/mol. The molecule has 0 aromatic heterocycles. The molecule has 0 spiro atoms. The minimum atomic E-state index is -0.493. The summed E-state index contributed by atoms with van der Waals surface area (Å²) in [6.07, 6.45) is 0.356. The molecule has 2 N–H and O–H groups in total. The third kappa shape index (κ3) is 5.32. The molecule has 3 amide bonds. The van der Waals surface area contributed by atoms with Gasteiger partial charge in [-0.2, -0.15) is 5.26 Å². The summed E-state index contributed by atoms with van der Waals surface area (Å²) in [6.45, 7) is 4.43. The standard InChI is InChI=1S/C10H18N4O2/c1-4-12-10(16)13-9(15)8(2)14(3)7-5-6-11/h8H,4-5,7H2,1-3H3,(H2,12,13,15,16). The van der Waals surface area contributed by atoms with E-state index < -0.39 is 12.1 Å². The van der Waals surface area contributed by atoms with Crippen molar-refractivity contribution in [1.82, 2.24) is 15.5 Å². The smallest absolute Gasteiger partial charge is 0.321 e. The van der Waals surface area contributed by atoms with Crippen LogP contribution >= 0.6 is 0 Å². The van der Waals surface area contributed by atoms with Crippen molar-refractivity contribution in [3.8, 4) is 6.07 Å². The largest absolute Gasteiger partial charge is 0.338 e. The molecule has 0 aromatic rings. The van der Waals surface area contributed by atoms with Gasteiger partial charge in [0.15, 0.2) is 0 Å². The lowest BCUT2D eigenvalue weighted by atomic mass is 10.2. The number of likely N-dealkylation sites (N-methyl/N-ethyl adjacent to an activating group) is 1. The first-order valence-electron chi connectivity index (χ1n) is 5.18. The van der Waals surface area contributed by atoms with Gasteiger partial charge in [0.1, 0.15) is 0 Å². The van der Waals surface area contributed by atoms with Crippen LogP contribution in [0.2, 0.25) is 0 Å². The number of hydrogen-bond donors (Lipinski definition) is 2. The van der Waals surface area contributed by atoms with Crippen LogP contribution in [0.3, 0.4) is 0 Å². The molecule has 0 fully saturated rings. The Kier molecular flexibility index (Phi) is 6.88. The molecule has 0 rings (SSSR count). The molecular weight excluding hydrogens is 208 g/mol. The summed E-state index contributed by atoms with van der Waals surface area (Å²) in [4.78, 5) is 24.3. The van der Waals surface area contributed by atoms with E-state index in [0.29, 0.717) is 19.5 Å². The lowest BCUT2D eigenvalue weighted by molar-refractivity contribution is -0.124. The molecule has 0 heterocycles. The van der Waals surface area contributed by atoms with Crippen molar-refractivity contribution in [1.29, 1.82) is 5.26 Å². The maximum atomic E-state index is 11.5. The Morgan fingerprint density at radius 1 is 1.50 bits per heavy atom. The van der Waals surface area contributed by atoms with E-state index in [2.05, 4.69) is 10.6 Å². The fraction of sp³-hybridized carbons (Fsp3) is 0.700. The topological polar surface area (TPSA) is 85.2 Å². The molecule has 0 aliphatic rings. The number of nitriles is 1. The van der Waals surface area contributed by atoms with Gasteiger partial charge in [-0.15, -0.1) is 0 Å². The van der Waals surface area contributed by atoms with E-state index in [4.69, 9.17) is 5.26 Å². The Bertz CT molecular complexity index is 285. The second-order valence-corrected chi connectivity index (χ2v) is 3.41. The lowest BCUT2D eigenvalue weighted by Crippen LogP contribution is -2.48. The first-order valence-corrected chi connectivity index (χ1v) is 5.18. The maximum absolute atomic E-state index is 11.5. The highest BCUT2D eigenvalue weighted by Gasteiger charge is 2.19. The third-order valence-electron chi connectivity index (χ3n) is 2.19. The first kappa shape index (κ1) is 14.4. The zero-order valence-electron chi connectivity index (χ0n) is 9.91. The van der Waals surface area contributed by atoms with Gasteiger partial charge in [-0.05, 0) is 20.9 Å². The van der Waals surface area contributed by atoms with Gasteiger partial charge < -0.3 is 5.32 Å². The number of nitrogens with one attached hydrogen (secondary N) is 2. The Balaban J connectivity index is 4.07. The maximum Gasteiger partial charge on any atom is 0.321 e. The van der Waals surface area contributed by atoms with Crippen LogP contribution in [-0.4, -0.2) is 43.0 Å². The third-order valence-corrected chi connectivity index (χ3v) is 2.19. The van der Waals surface area contributed by atoms with E-state index >= 15 is 0 Å². The Hall–Kier alpha value is -1.61. The molecule has 6 nitrogen and oxygen atoms in total. The second-order valence-electron chi connectivity index (χ2n) is 3.41. The minimum absolute atomic E-state index is 0.356. The molecule has 0 aliphatic heterocycles. The zero-order valence-corrected chi connectivity index (χ0v) is 9.91. The van der Waals surface area contributed by atoms with Crippen molar-refractivity contribution >= 4 is 11.9 Å². The number of carbonyl (C=O) groups is 2. The van der Waals surface area contributed by atoms with Gasteiger partial charge in [0.2, 0.25) is 5.91 Å². The Labute approximate surface area is 95.6 Å². The van der Waals surface area contributed by atoms with Crippen LogP contribution in [-0.2, 0) is 4.79 Å². The van der Waals surface area contributed by atoms with Crippen LogP contribution in [0, 0.1) is 11.3 Å². The van der Waals surface area contributed by atoms with Gasteiger partial charge in [0.05, 0.1) is 12.1 Å². The molecule has 0 bridgehead atoms. The fourth-order valence-electron chi connectivity index (χ4n) is 1.04. The van der Waals surface area contributed by atoms with Crippen LogP contribution < -0.4 is 10.6 Å². The number of nitrogens with zero attached hydrogens (tertiary/aromatic N) is 2. The number of amides is 3. The van der Waals surface area contributed by atoms with Crippen LogP contribution in [0.4, 0.5) is 4.79 Å². The second kappa shape index (κ2) is 7.65. The average Bonchev–Trinajstić information content (AvgIpc) is 2.24. The van der Waals surface area contributed by atoms with Crippen LogP contribution in [0.15, 0.2) is 0 Å². The van der Waals surface area contributed by atoms with Crippen molar-refractivity contribution in [3.63, 3.8) is 0 Å². The quantitative estimate of drug-likeness (QED) is 0.694. The van der Waals surface area contributed by atoms with Gasteiger partial charge >= 0.3 is 6.03 Å². The van der Waals surface area contributed by atoms with Crippen LogP contribution in [0.1, 0.15) is 20.3 Å². The summed E-state index contributed by atoms with van der Waals surface area (Å²) < 4.78 is 0. The highest BCUT2D eigenvalue weighted by Crippen LogP contribution is 1.96. The molecule has 16 heavy (non-hydrogen) atoms. The summed E-state index contributed by atoms with van der Waals surface area (Å²) in [6, 6.07) is 1.07. The molecule has 90 valence electrons. The molecule has 0 aromatic carbocycles. The molecule has 6 heteroatoms. The number of urea groups is 1. The predicted octanol–water partition coefficient (Wildman–Crippen LogP) is 0.0661. The van der Waals surface area contributed by atoms with Gasteiger partial charge in [-0.25, -0.2) is 4.79 Å². The number of carbonyl (C=O) groups excluding carboxylic acids is 2. The minimum Gasteiger partial charge on any atom is -0.338 e. The number of imide groups is 1. The van der Waals surface area contributed by atoms with E-state index in [1.54, 1.807) is 25.8 Å². The highest BCUT2D eigenvalue weighted by molar-refractivity contribution is 5.96. The van der Waals surface area contributed by atoms with Crippen LogP contribution in [0.5, 0.6) is 0 Å². The van der Waals surface area contributed by atoms with E-state index in [9.17, 15) is 9.59 Å². The Morgan fingerprint density at radius 3 is 2.62 bits per heavy atom. The van der Waals surface area contributed by atoms with Crippen LogP contribution in [0.25, 0.3) is 0 Å². The monoisotopic (exact) mass is 226 g/mol. The van der Waals surface area contributed by atoms with Gasteiger partial charge in [0, 0.05) is 19.5 Å². The molecule has 0 radical (unpaired) electrons. The fourth-order valence-corrected chi connectivity index (χ4v) is 1.04. The van der Waals surface area contributed by atoms with Crippen molar-refractivity contribution in [3.05, 3.63) is 0 Å². The normalized spacial score (nSPS) is 11.7. The first-order chi connectivity index (χ1) is 7.52. The zero-order chi connectivity index (χ0) is 12.6. The molecule has 0 saturated heterocycles. The van der Waals surface area contributed by atoms with Crippen molar-refractivity contribution in [2.24, 2.45) is 0 Å². The molecule has 1 unspecified atom stereocenters. The molecular formula is C10H18N4O2. The number of hydrogen-bond acceptors (Lipinski definition) is 4. The van der Waals surface area contributed by atoms with Gasteiger partial charge in [0.25, 0.3) is 0 Å². The summed E-state index contributed by atoms with van der Waals surface area (Å²) in [7, 11) is 1.74. The summed E-state index contributed by atoms with van der Waals surface area (Å²) in [5.41, 5.74) is 0. The van der Waals surface area contributed by atoms with E-state index in [1.165, 1.54) is 0 Å². The van der Waals surface area contributed by atoms with Crippen molar-refractivity contribution in [2.45, 2.75) is 26.3 Å². The highest BCUT2D eigenvalue weighted by atomic mass is 16.2. The summed E-state index contributed by atoms with van der Waals surface area (Å²) in [5, 5.41) is 13.1. The van der Waals surface area contributed by atoms with Crippen molar-refractivity contribution < 1.29 is 9.59 Å². The molecule has 0 aliphatic carbocycles. The van der Waals surface area contributed by atoms with E-state index in [1.807, 2.05) is 6.07 Å². The SMILES string of the molecule is CCNC(=O)NC(=O)C(C)N(C)CCC#N. The summed E-state index contributed by atoms with van der Waals surface area (Å²) >= 11 is 0. The van der Waals surface area contributed by atoms with Gasteiger partial charge in [-0.3, -0.25) is 15.0 Å². The summed E-state index contributed by atoms with van der Waals surface area (Å²) in [5.74, 6) is -0.369.